The maximum Gasteiger partial charge on any atom is 0.329 e. The van der Waals surface area contributed by atoms with E-state index >= 15 is 0 Å². The van der Waals surface area contributed by atoms with Crippen LogP contribution in [0, 0.1) is 0 Å². The summed E-state index contributed by atoms with van der Waals surface area (Å²) in [7, 11) is 1.63. The number of benzene rings is 2. The topological polar surface area (TPSA) is 104 Å². The summed E-state index contributed by atoms with van der Waals surface area (Å²) in [5.41, 5.74) is 3.13. The van der Waals surface area contributed by atoms with Crippen molar-refractivity contribution in [2.24, 2.45) is 0 Å². The van der Waals surface area contributed by atoms with Gasteiger partial charge in [0.05, 0.1) is 13.2 Å². The molecule has 0 bridgehead atoms. The Bertz CT molecular complexity index is 1300. The van der Waals surface area contributed by atoms with Crippen molar-refractivity contribution < 1.29 is 28.5 Å². The van der Waals surface area contributed by atoms with E-state index in [-0.39, 0.29) is 18.8 Å². The SMILES string of the molecule is COc1ccc(-c2c(-c3ccccc3)oc3ncnc(O[C@H]4CCCC(OCC(=O)O)C4)c23)cc1. The van der Waals surface area contributed by atoms with Crippen LogP contribution in [0.4, 0.5) is 0 Å². The summed E-state index contributed by atoms with van der Waals surface area (Å²) in [6.07, 6.45) is 4.25. The van der Waals surface area contributed by atoms with Gasteiger partial charge in [0, 0.05) is 17.5 Å². The standard InChI is InChI=1S/C27H26N2O6/c1-32-19-12-10-17(11-13-19)23-24-26(34-21-9-5-8-20(14-21)33-15-22(30)31)28-16-29-27(24)35-25(23)18-6-3-2-4-7-18/h2-4,6-7,10-13,16,20-21H,5,8-9,14-15H2,1H3,(H,30,31)/t20?,21-/m0/s1. The van der Waals surface area contributed by atoms with Crippen molar-refractivity contribution in [3.05, 3.63) is 60.9 Å². The van der Waals surface area contributed by atoms with E-state index in [1.165, 1.54) is 6.33 Å². The molecule has 8 nitrogen and oxygen atoms in total. The zero-order valence-corrected chi connectivity index (χ0v) is 19.3. The van der Waals surface area contributed by atoms with E-state index in [1.54, 1.807) is 7.11 Å². The van der Waals surface area contributed by atoms with E-state index in [2.05, 4.69) is 9.97 Å². The molecule has 1 saturated carbocycles. The van der Waals surface area contributed by atoms with Gasteiger partial charge in [-0.1, -0.05) is 42.5 Å². The smallest absolute Gasteiger partial charge is 0.329 e. The van der Waals surface area contributed by atoms with Crippen LogP contribution in [0.5, 0.6) is 11.6 Å². The van der Waals surface area contributed by atoms with Gasteiger partial charge in [-0.15, -0.1) is 0 Å². The highest BCUT2D eigenvalue weighted by Gasteiger charge is 2.28. The first-order valence-electron chi connectivity index (χ1n) is 11.6. The van der Waals surface area contributed by atoms with Crippen molar-refractivity contribution in [2.45, 2.75) is 37.9 Å². The van der Waals surface area contributed by atoms with Crippen molar-refractivity contribution >= 4 is 17.1 Å². The highest BCUT2D eigenvalue weighted by molar-refractivity contribution is 6.03. The van der Waals surface area contributed by atoms with Crippen molar-refractivity contribution in [1.82, 2.24) is 9.97 Å². The predicted molar refractivity (Wildman–Crippen MR) is 129 cm³/mol. The lowest BCUT2D eigenvalue weighted by molar-refractivity contribution is -0.145. The molecule has 0 radical (unpaired) electrons. The highest BCUT2D eigenvalue weighted by Crippen LogP contribution is 2.44. The number of methoxy groups -OCH3 is 1. The van der Waals surface area contributed by atoms with Crippen LogP contribution in [0.15, 0.2) is 65.3 Å². The number of hydrogen-bond acceptors (Lipinski definition) is 7. The molecule has 1 N–H and O–H groups in total. The molecule has 0 aliphatic heterocycles. The molecule has 0 amide bonds. The number of carboxylic acids is 1. The van der Waals surface area contributed by atoms with Gasteiger partial charge in [-0.2, -0.15) is 0 Å². The van der Waals surface area contributed by atoms with Gasteiger partial charge in [-0.25, -0.2) is 14.8 Å². The fourth-order valence-corrected chi connectivity index (χ4v) is 4.53. The number of furan rings is 1. The van der Waals surface area contributed by atoms with Crippen molar-refractivity contribution in [3.63, 3.8) is 0 Å². The average molecular weight is 475 g/mol. The first-order valence-corrected chi connectivity index (χ1v) is 11.6. The van der Waals surface area contributed by atoms with E-state index in [0.717, 1.165) is 41.7 Å². The first kappa shape index (κ1) is 22.9. The van der Waals surface area contributed by atoms with Gasteiger partial charge in [0.15, 0.2) is 0 Å². The fourth-order valence-electron chi connectivity index (χ4n) is 4.53. The number of ether oxygens (including phenoxy) is 3. The molecule has 1 fully saturated rings. The Morgan fingerprint density at radius 3 is 2.54 bits per heavy atom. The molecule has 2 atom stereocenters. The maximum atomic E-state index is 10.9. The lowest BCUT2D eigenvalue weighted by Gasteiger charge is -2.29. The quantitative estimate of drug-likeness (QED) is 0.364. The Labute approximate surface area is 202 Å². The Kier molecular flexibility index (Phi) is 6.63. The Morgan fingerprint density at radius 2 is 1.80 bits per heavy atom. The third-order valence-corrected chi connectivity index (χ3v) is 6.17. The molecular weight excluding hydrogens is 448 g/mol. The van der Waals surface area contributed by atoms with Crippen LogP contribution < -0.4 is 9.47 Å². The van der Waals surface area contributed by atoms with Crippen LogP contribution in [0.2, 0.25) is 0 Å². The summed E-state index contributed by atoms with van der Waals surface area (Å²) in [6, 6.07) is 17.6. The van der Waals surface area contributed by atoms with Gasteiger partial charge in [-0.05, 0) is 37.0 Å². The molecule has 35 heavy (non-hydrogen) atoms. The molecule has 1 unspecified atom stereocenters. The number of aromatic nitrogens is 2. The number of aliphatic carboxylic acids is 1. The van der Waals surface area contributed by atoms with Gasteiger partial charge in [0.1, 0.15) is 35.9 Å². The normalized spacial score (nSPS) is 17.9. The summed E-state index contributed by atoms with van der Waals surface area (Å²) in [5, 5.41) is 9.64. The summed E-state index contributed by atoms with van der Waals surface area (Å²) in [4.78, 5) is 19.8. The zero-order chi connectivity index (χ0) is 24.2. The van der Waals surface area contributed by atoms with Gasteiger partial charge in [-0.3, -0.25) is 0 Å². The summed E-state index contributed by atoms with van der Waals surface area (Å²) in [6.45, 7) is -0.307. The van der Waals surface area contributed by atoms with Gasteiger partial charge < -0.3 is 23.7 Å². The first-order chi connectivity index (χ1) is 17.1. The summed E-state index contributed by atoms with van der Waals surface area (Å²) >= 11 is 0. The number of carbonyl (C=O) groups is 1. The van der Waals surface area contributed by atoms with Crippen LogP contribution in [0.3, 0.4) is 0 Å². The molecule has 1 aliphatic carbocycles. The van der Waals surface area contributed by atoms with E-state index < -0.39 is 5.97 Å². The monoisotopic (exact) mass is 474 g/mol. The fraction of sp³-hybridized carbons (Fsp3) is 0.296. The number of hydrogen-bond donors (Lipinski definition) is 1. The Morgan fingerprint density at radius 1 is 1.03 bits per heavy atom. The van der Waals surface area contributed by atoms with E-state index in [9.17, 15) is 4.79 Å². The lowest BCUT2D eigenvalue weighted by Crippen LogP contribution is -2.31. The van der Waals surface area contributed by atoms with Gasteiger partial charge in [0.2, 0.25) is 11.6 Å². The number of carboxylic acid groups (broad SMARTS) is 1. The molecular formula is C27H26N2O6. The Balaban J connectivity index is 1.55. The van der Waals surface area contributed by atoms with Crippen molar-refractivity contribution in [1.29, 1.82) is 0 Å². The van der Waals surface area contributed by atoms with Crippen LogP contribution in [0.1, 0.15) is 25.7 Å². The van der Waals surface area contributed by atoms with E-state index in [0.29, 0.717) is 29.2 Å². The van der Waals surface area contributed by atoms with Crippen LogP contribution in [-0.2, 0) is 9.53 Å². The third-order valence-electron chi connectivity index (χ3n) is 6.17. The van der Waals surface area contributed by atoms with Gasteiger partial charge >= 0.3 is 5.97 Å². The van der Waals surface area contributed by atoms with E-state index in [4.69, 9.17) is 23.7 Å². The second-order valence-corrected chi connectivity index (χ2v) is 8.49. The molecule has 1 aliphatic rings. The molecule has 8 heteroatoms. The minimum Gasteiger partial charge on any atom is -0.497 e. The number of nitrogens with zero attached hydrogens (tertiary/aromatic N) is 2. The summed E-state index contributed by atoms with van der Waals surface area (Å²) < 4.78 is 23.5. The van der Waals surface area contributed by atoms with Crippen LogP contribution in [0.25, 0.3) is 33.6 Å². The predicted octanol–water partition coefficient (Wildman–Crippen LogP) is 5.36. The molecule has 2 aromatic heterocycles. The summed E-state index contributed by atoms with van der Waals surface area (Å²) in [5.74, 6) is 0.907. The second kappa shape index (κ2) is 10.1. The largest absolute Gasteiger partial charge is 0.497 e. The lowest BCUT2D eigenvalue weighted by atomic mass is 9.94. The molecule has 4 aromatic rings. The zero-order valence-electron chi connectivity index (χ0n) is 19.3. The molecule has 2 aromatic carbocycles. The van der Waals surface area contributed by atoms with Crippen LogP contribution >= 0.6 is 0 Å². The maximum absolute atomic E-state index is 10.9. The van der Waals surface area contributed by atoms with E-state index in [1.807, 2.05) is 54.6 Å². The molecule has 0 spiro atoms. The molecule has 2 heterocycles. The van der Waals surface area contributed by atoms with Gasteiger partial charge in [0.25, 0.3) is 0 Å². The Hall–Kier alpha value is -3.91. The number of rotatable bonds is 8. The second-order valence-electron chi connectivity index (χ2n) is 8.49. The molecule has 5 rings (SSSR count). The molecule has 0 saturated heterocycles. The minimum atomic E-state index is -0.971. The third kappa shape index (κ3) is 4.97. The number of fused-ring (bicyclic) bond motifs is 1. The van der Waals surface area contributed by atoms with Crippen molar-refractivity contribution in [3.8, 4) is 34.1 Å². The highest BCUT2D eigenvalue weighted by atomic mass is 16.5. The van der Waals surface area contributed by atoms with Crippen LogP contribution in [-0.4, -0.2) is 47.0 Å². The average Bonchev–Trinajstić information content (AvgIpc) is 3.29. The molecule has 180 valence electrons. The minimum absolute atomic E-state index is 0.153. The van der Waals surface area contributed by atoms with Crippen molar-refractivity contribution in [2.75, 3.05) is 13.7 Å².